The molecular weight excluding hydrogens is 232 g/mol. The van der Waals surface area contributed by atoms with Crippen molar-refractivity contribution in [3.63, 3.8) is 0 Å². The molecule has 1 aromatic rings. The lowest BCUT2D eigenvalue weighted by Crippen LogP contribution is -2.40. The number of benzene rings is 1. The summed E-state index contributed by atoms with van der Waals surface area (Å²) >= 11 is 6.05. The van der Waals surface area contributed by atoms with Crippen molar-refractivity contribution >= 4 is 11.6 Å². The van der Waals surface area contributed by atoms with Crippen molar-refractivity contribution in [2.75, 3.05) is 19.6 Å². The minimum atomic E-state index is 0.316. The van der Waals surface area contributed by atoms with Crippen molar-refractivity contribution in [2.24, 2.45) is 11.7 Å². The quantitative estimate of drug-likeness (QED) is 0.896. The Labute approximate surface area is 109 Å². The van der Waals surface area contributed by atoms with Crippen molar-refractivity contribution in [3.05, 3.63) is 34.9 Å². The van der Waals surface area contributed by atoms with Gasteiger partial charge in [-0.15, -0.1) is 0 Å². The molecular formula is C14H21ClN2. The van der Waals surface area contributed by atoms with E-state index in [1.165, 1.54) is 18.4 Å². The summed E-state index contributed by atoms with van der Waals surface area (Å²) in [5, 5.41) is 0.797. The molecule has 0 spiro atoms. The van der Waals surface area contributed by atoms with Crippen LogP contribution in [0.25, 0.3) is 0 Å². The second kappa shape index (κ2) is 5.85. The lowest BCUT2D eigenvalue weighted by Gasteiger charge is -2.37. The van der Waals surface area contributed by atoms with Crippen LogP contribution in [0.2, 0.25) is 5.02 Å². The maximum Gasteiger partial charge on any atom is 0.0471 e. The second-order valence-corrected chi connectivity index (χ2v) is 5.49. The second-order valence-electron chi connectivity index (χ2n) is 5.05. The molecule has 0 aliphatic carbocycles. The number of nitrogens with zero attached hydrogens (tertiary/aromatic N) is 1. The van der Waals surface area contributed by atoms with Gasteiger partial charge in [-0.1, -0.05) is 30.7 Å². The molecule has 1 saturated heterocycles. The zero-order chi connectivity index (χ0) is 12.3. The smallest absolute Gasteiger partial charge is 0.0471 e. The zero-order valence-electron chi connectivity index (χ0n) is 10.4. The van der Waals surface area contributed by atoms with Gasteiger partial charge in [-0.3, -0.25) is 4.90 Å². The normalized spacial score (nSPS) is 23.6. The Hall–Kier alpha value is -0.570. The first-order valence-corrected chi connectivity index (χ1v) is 6.78. The molecule has 0 amide bonds. The van der Waals surface area contributed by atoms with Gasteiger partial charge in [0.05, 0.1) is 0 Å². The molecule has 1 aliphatic heterocycles. The van der Waals surface area contributed by atoms with Crippen LogP contribution < -0.4 is 5.73 Å². The number of halogens is 1. The van der Waals surface area contributed by atoms with E-state index in [2.05, 4.69) is 17.9 Å². The van der Waals surface area contributed by atoms with E-state index in [0.717, 1.165) is 24.0 Å². The van der Waals surface area contributed by atoms with Crippen LogP contribution in [0.5, 0.6) is 0 Å². The zero-order valence-corrected chi connectivity index (χ0v) is 11.2. The minimum Gasteiger partial charge on any atom is -0.329 e. The standard InChI is InChI=1S/C14H21ClN2/c1-11-4-3-7-17(10-11)14(9-16)12-5-2-6-13(15)8-12/h2,5-6,8,11,14H,3-4,7,9-10,16H2,1H3/t11-,14+/m0/s1. The van der Waals surface area contributed by atoms with Gasteiger partial charge in [-0.2, -0.15) is 0 Å². The third-order valence-corrected chi connectivity index (χ3v) is 3.82. The average molecular weight is 253 g/mol. The highest BCUT2D eigenvalue weighted by atomic mass is 35.5. The van der Waals surface area contributed by atoms with Crippen LogP contribution in [-0.2, 0) is 0 Å². The van der Waals surface area contributed by atoms with Crippen LogP contribution in [0, 0.1) is 5.92 Å². The molecule has 0 unspecified atom stereocenters. The van der Waals surface area contributed by atoms with Crippen LogP contribution in [-0.4, -0.2) is 24.5 Å². The molecule has 2 nitrogen and oxygen atoms in total. The monoisotopic (exact) mass is 252 g/mol. The molecule has 1 aromatic carbocycles. The fraction of sp³-hybridized carbons (Fsp3) is 0.571. The highest BCUT2D eigenvalue weighted by Crippen LogP contribution is 2.27. The predicted molar refractivity (Wildman–Crippen MR) is 73.2 cm³/mol. The van der Waals surface area contributed by atoms with Crippen LogP contribution >= 0.6 is 11.6 Å². The highest BCUT2D eigenvalue weighted by Gasteiger charge is 2.24. The fourth-order valence-electron chi connectivity index (χ4n) is 2.72. The number of hydrogen-bond donors (Lipinski definition) is 1. The van der Waals surface area contributed by atoms with Gasteiger partial charge < -0.3 is 5.73 Å². The van der Waals surface area contributed by atoms with E-state index in [1.54, 1.807) is 0 Å². The predicted octanol–water partition coefficient (Wildman–Crippen LogP) is 3.07. The largest absolute Gasteiger partial charge is 0.329 e. The molecule has 1 heterocycles. The summed E-state index contributed by atoms with van der Waals surface area (Å²) in [6, 6.07) is 8.41. The summed E-state index contributed by atoms with van der Waals surface area (Å²) in [5.41, 5.74) is 7.19. The van der Waals surface area contributed by atoms with Gasteiger partial charge in [0.2, 0.25) is 0 Å². The number of piperidine rings is 1. The van der Waals surface area contributed by atoms with E-state index in [0.29, 0.717) is 12.6 Å². The Morgan fingerprint density at radius 3 is 3.00 bits per heavy atom. The fourth-order valence-corrected chi connectivity index (χ4v) is 2.92. The first-order chi connectivity index (χ1) is 8.20. The van der Waals surface area contributed by atoms with E-state index in [1.807, 2.05) is 18.2 Å². The Kier molecular flexibility index (Phi) is 4.43. The van der Waals surface area contributed by atoms with Crippen LogP contribution in [0.4, 0.5) is 0 Å². The first kappa shape index (κ1) is 12.9. The van der Waals surface area contributed by atoms with Crippen molar-refractivity contribution < 1.29 is 0 Å². The van der Waals surface area contributed by atoms with Crippen LogP contribution in [0.3, 0.4) is 0 Å². The molecule has 2 atom stereocenters. The van der Waals surface area contributed by atoms with E-state index in [-0.39, 0.29) is 0 Å². The molecule has 94 valence electrons. The van der Waals surface area contributed by atoms with Gasteiger partial charge in [-0.05, 0) is 43.0 Å². The molecule has 17 heavy (non-hydrogen) atoms. The van der Waals surface area contributed by atoms with E-state index in [4.69, 9.17) is 17.3 Å². The number of nitrogens with two attached hydrogens (primary N) is 1. The highest BCUT2D eigenvalue weighted by molar-refractivity contribution is 6.30. The summed E-state index contributed by atoms with van der Waals surface area (Å²) < 4.78 is 0. The summed E-state index contributed by atoms with van der Waals surface area (Å²) in [6.07, 6.45) is 2.61. The van der Waals surface area contributed by atoms with Crippen molar-refractivity contribution in [3.8, 4) is 0 Å². The van der Waals surface area contributed by atoms with Gasteiger partial charge in [0, 0.05) is 24.2 Å². The van der Waals surface area contributed by atoms with Crippen molar-refractivity contribution in [2.45, 2.75) is 25.8 Å². The van der Waals surface area contributed by atoms with Gasteiger partial charge in [-0.25, -0.2) is 0 Å². The third-order valence-electron chi connectivity index (χ3n) is 3.59. The first-order valence-electron chi connectivity index (χ1n) is 6.40. The van der Waals surface area contributed by atoms with Crippen LogP contribution in [0.1, 0.15) is 31.4 Å². The Balaban J connectivity index is 2.15. The van der Waals surface area contributed by atoms with Crippen molar-refractivity contribution in [1.82, 2.24) is 4.90 Å². The third kappa shape index (κ3) is 3.21. The van der Waals surface area contributed by atoms with Gasteiger partial charge >= 0.3 is 0 Å². The number of likely N-dealkylation sites (tertiary alicyclic amines) is 1. The lowest BCUT2D eigenvalue weighted by atomic mass is 9.96. The summed E-state index contributed by atoms with van der Waals surface area (Å²) in [4.78, 5) is 2.50. The summed E-state index contributed by atoms with van der Waals surface area (Å²) in [6.45, 7) is 5.28. The molecule has 2 rings (SSSR count). The molecule has 0 bridgehead atoms. The van der Waals surface area contributed by atoms with E-state index >= 15 is 0 Å². The summed E-state index contributed by atoms with van der Waals surface area (Å²) in [7, 11) is 0. The van der Waals surface area contributed by atoms with E-state index in [9.17, 15) is 0 Å². The average Bonchev–Trinajstić information content (AvgIpc) is 2.30. The molecule has 0 saturated carbocycles. The van der Waals surface area contributed by atoms with Crippen molar-refractivity contribution in [1.29, 1.82) is 0 Å². The summed E-state index contributed by atoms with van der Waals surface area (Å²) in [5.74, 6) is 0.775. The van der Waals surface area contributed by atoms with Gasteiger partial charge in [0.25, 0.3) is 0 Å². The van der Waals surface area contributed by atoms with Gasteiger partial charge in [0.1, 0.15) is 0 Å². The molecule has 0 radical (unpaired) electrons. The van der Waals surface area contributed by atoms with E-state index < -0.39 is 0 Å². The number of hydrogen-bond acceptors (Lipinski definition) is 2. The Morgan fingerprint density at radius 1 is 1.53 bits per heavy atom. The maximum absolute atomic E-state index is 6.05. The molecule has 1 fully saturated rings. The molecule has 1 aliphatic rings. The van der Waals surface area contributed by atoms with Crippen LogP contribution in [0.15, 0.2) is 24.3 Å². The SMILES string of the molecule is C[C@H]1CCCN([C@H](CN)c2cccc(Cl)c2)C1. The molecule has 2 N–H and O–H groups in total. The Bertz CT molecular complexity index is 367. The topological polar surface area (TPSA) is 29.3 Å². The van der Waals surface area contributed by atoms with Gasteiger partial charge in [0.15, 0.2) is 0 Å². The minimum absolute atomic E-state index is 0.316. The molecule has 3 heteroatoms. The maximum atomic E-state index is 6.05. The number of rotatable bonds is 3. The lowest BCUT2D eigenvalue weighted by molar-refractivity contribution is 0.133. The Morgan fingerprint density at radius 2 is 2.35 bits per heavy atom. The molecule has 0 aromatic heterocycles.